The highest BCUT2D eigenvalue weighted by molar-refractivity contribution is 5.40. The molecule has 0 fully saturated rings. The second kappa shape index (κ2) is 5.61. The van der Waals surface area contributed by atoms with E-state index >= 15 is 0 Å². The number of aliphatic hydroxyl groups is 1. The summed E-state index contributed by atoms with van der Waals surface area (Å²) in [7, 11) is 0. The summed E-state index contributed by atoms with van der Waals surface area (Å²) in [6, 6.07) is 6.70. The molecule has 1 aromatic carbocycles. The van der Waals surface area contributed by atoms with Gasteiger partial charge >= 0.3 is 0 Å². The normalized spacial score (nSPS) is 14.4. The minimum atomic E-state index is -0.440. The molecule has 2 atom stereocenters. The van der Waals surface area contributed by atoms with Crippen LogP contribution in [0.5, 0.6) is 0 Å². The van der Waals surface area contributed by atoms with Gasteiger partial charge in [-0.3, -0.25) is 10.1 Å². The molecule has 0 bridgehead atoms. The summed E-state index contributed by atoms with van der Waals surface area (Å²) < 4.78 is 0. The monoisotopic (exact) mass is 223 g/mol. The van der Waals surface area contributed by atoms with E-state index in [9.17, 15) is 15.2 Å². The van der Waals surface area contributed by atoms with Crippen LogP contribution in [-0.4, -0.2) is 16.1 Å². The van der Waals surface area contributed by atoms with Gasteiger partial charge in [0, 0.05) is 11.6 Å². The molecule has 0 aromatic heterocycles. The standard InChI is InChI=1S/C12H17NO3/c1-3-10(9(2)14)8-11-6-4-5-7-12(11)13(15)16/h4-7,9-10,14H,3,8H2,1-2H3. The van der Waals surface area contributed by atoms with Crippen molar-refractivity contribution in [2.24, 2.45) is 5.92 Å². The Kier molecular flexibility index (Phi) is 4.43. The molecule has 1 N–H and O–H groups in total. The van der Waals surface area contributed by atoms with Crippen molar-refractivity contribution < 1.29 is 10.0 Å². The maximum Gasteiger partial charge on any atom is 0.272 e. The Hall–Kier alpha value is -1.42. The fourth-order valence-corrected chi connectivity index (χ4v) is 1.80. The van der Waals surface area contributed by atoms with Crippen LogP contribution in [0.15, 0.2) is 24.3 Å². The third-order valence-electron chi connectivity index (χ3n) is 2.88. The molecule has 0 radical (unpaired) electrons. The highest BCUT2D eigenvalue weighted by Crippen LogP contribution is 2.23. The molecule has 0 heterocycles. The second-order valence-electron chi connectivity index (χ2n) is 4.00. The Bertz CT molecular complexity index is 363. The van der Waals surface area contributed by atoms with Crippen molar-refractivity contribution in [3.05, 3.63) is 39.9 Å². The van der Waals surface area contributed by atoms with E-state index in [-0.39, 0.29) is 16.5 Å². The van der Waals surface area contributed by atoms with Gasteiger partial charge in [-0.15, -0.1) is 0 Å². The van der Waals surface area contributed by atoms with Gasteiger partial charge in [0.1, 0.15) is 0 Å². The first kappa shape index (κ1) is 12.6. The molecule has 0 saturated heterocycles. The maximum absolute atomic E-state index is 10.8. The van der Waals surface area contributed by atoms with E-state index in [1.807, 2.05) is 6.92 Å². The van der Waals surface area contributed by atoms with Crippen molar-refractivity contribution >= 4 is 5.69 Å². The van der Waals surface area contributed by atoms with E-state index in [4.69, 9.17) is 0 Å². The number of hydrogen-bond donors (Lipinski definition) is 1. The van der Waals surface area contributed by atoms with Gasteiger partial charge in [-0.2, -0.15) is 0 Å². The number of nitrogens with zero attached hydrogens (tertiary/aromatic N) is 1. The van der Waals surface area contributed by atoms with Crippen molar-refractivity contribution in [3.8, 4) is 0 Å². The molecule has 0 amide bonds. The number of rotatable bonds is 5. The molecule has 0 spiro atoms. The maximum atomic E-state index is 10.8. The van der Waals surface area contributed by atoms with E-state index in [0.29, 0.717) is 12.0 Å². The largest absolute Gasteiger partial charge is 0.393 e. The van der Waals surface area contributed by atoms with Crippen LogP contribution >= 0.6 is 0 Å². The molecule has 1 rings (SSSR count). The molecule has 4 nitrogen and oxygen atoms in total. The Balaban J connectivity index is 2.91. The van der Waals surface area contributed by atoms with Crippen LogP contribution in [0.25, 0.3) is 0 Å². The zero-order valence-corrected chi connectivity index (χ0v) is 9.59. The Morgan fingerprint density at radius 2 is 2.06 bits per heavy atom. The average molecular weight is 223 g/mol. The van der Waals surface area contributed by atoms with Crippen LogP contribution in [0.3, 0.4) is 0 Å². The predicted molar refractivity (Wildman–Crippen MR) is 62.3 cm³/mol. The summed E-state index contributed by atoms with van der Waals surface area (Å²) in [4.78, 5) is 10.4. The van der Waals surface area contributed by atoms with E-state index in [2.05, 4.69) is 0 Å². The number of aliphatic hydroxyl groups excluding tert-OH is 1. The zero-order valence-electron chi connectivity index (χ0n) is 9.59. The zero-order chi connectivity index (χ0) is 12.1. The molecule has 2 unspecified atom stereocenters. The van der Waals surface area contributed by atoms with Gasteiger partial charge in [-0.05, 0) is 19.3 Å². The van der Waals surface area contributed by atoms with E-state index in [0.717, 1.165) is 6.42 Å². The Morgan fingerprint density at radius 1 is 1.44 bits per heavy atom. The molecule has 0 aliphatic heterocycles. The Morgan fingerprint density at radius 3 is 2.56 bits per heavy atom. The van der Waals surface area contributed by atoms with Gasteiger partial charge in [0.15, 0.2) is 0 Å². The molecule has 16 heavy (non-hydrogen) atoms. The van der Waals surface area contributed by atoms with Gasteiger partial charge in [-0.25, -0.2) is 0 Å². The summed E-state index contributed by atoms with van der Waals surface area (Å²) in [5.41, 5.74) is 0.835. The lowest BCUT2D eigenvalue weighted by atomic mass is 9.92. The number of nitro groups is 1. The number of hydrogen-bond acceptors (Lipinski definition) is 3. The molecule has 0 saturated carbocycles. The molecular formula is C12H17NO3. The third-order valence-corrected chi connectivity index (χ3v) is 2.88. The Labute approximate surface area is 95.1 Å². The van der Waals surface area contributed by atoms with Crippen LogP contribution in [0, 0.1) is 16.0 Å². The minimum Gasteiger partial charge on any atom is -0.393 e. The molecule has 4 heteroatoms. The molecular weight excluding hydrogens is 206 g/mol. The van der Waals surface area contributed by atoms with Crippen molar-refractivity contribution in [2.45, 2.75) is 32.8 Å². The summed E-state index contributed by atoms with van der Waals surface area (Å²) in [5.74, 6) is 0.0705. The van der Waals surface area contributed by atoms with Crippen molar-refractivity contribution in [1.82, 2.24) is 0 Å². The van der Waals surface area contributed by atoms with Gasteiger partial charge < -0.3 is 5.11 Å². The number of benzene rings is 1. The summed E-state index contributed by atoms with van der Waals surface area (Å²) in [5, 5.41) is 20.3. The van der Waals surface area contributed by atoms with E-state index in [1.54, 1.807) is 25.1 Å². The van der Waals surface area contributed by atoms with Crippen molar-refractivity contribution in [2.75, 3.05) is 0 Å². The molecule has 1 aromatic rings. The first-order valence-electron chi connectivity index (χ1n) is 5.46. The SMILES string of the molecule is CCC(Cc1ccccc1[N+](=O)[O-])C(C)O. The van der Waals surface area contributed by atoms with Crippen LogP contribution < -0.4 is 0 Å². The summed E-state index contributed by atoms with van der Waals surface area (Å²) in [6.07, 6.45) is 0.916. The summed E-state index contributed by atoms with van der Waals surface area (Å²) in [6.45, 7) is 3.70. The number of para-hydroxylation sites is 1. The van der Waals surface area contributed by atoms with Gasteiger partial charge in [0.25, 0.3) is 5.69 Å². The highest BCUT2D eigenvalue weighted by atomic mass is 16.6. The minimum absolute atomic E-state index is 0.0705. The van der Waals surface area contributed by atoms with Crippen LogP contribution in [0.2, 0.25) is 0 Å². The van der Waals surface area contributed by atoms with Crippen LogP contribution in [0.1, 0.15) is 25.8 Å². The van der Waals surface area contributed by atoms with Gasteiger partial charge in [-0.1, -0.05) is 31.5 Å². The highest BCUT2D eigenvalue weighted by Gasteiger charge is 2.19. The molecule has 0 aliphatic rings. The van der Waals surface area contributed by atoms with Crippen LogP contribution in [-0.2, 0) is 6.42 Å². The average Bonchev–Trinajstić information content (AvgIpc) is 2.25. The van der Waals surface area contributed by atoms with E-state index < -0.39 is 6.10 Å². The lowest BCUT2D eigenvalue weighted by Gasteiger charge is -2.17. The van der Waals surface area contributed by atoms with Gasteiger partial charge in [0.2, 0.25) is 0 Å². The second-order valence-corrected chi connectivity index (χ2v) is 4.00. The smallest absolute Gasteiger partial charge is 0.272 e. The number of nitro benzene ring substituents is 1. The van der Waals surface area contributed by atoms with Crippen LogP contribution in [0.4, 0.5) is 5.69 Å². The fraction of sp³-hybridized carbons (Fsp3) is 0.500. The third kappa shape index (κ3) is 3.03. The van der Waals surface area contributed by atoms with Crippen molar-refractivity contribution in [3.63, 3.8) is 0 Å². The lowest BCUT2D eigenvalue weighted by molar-refractivity contribution is -0.385. The van der Waals surface area contributed by atoms with Crippen molar-refractivity contribution in [1.29, 1.82) is 0 Å². The van der Waals surface area contributed by atoms with Gasteiger partial charge in [0.05, 0.1) is 11.0 Å². The quantitative estimate of drug-likeness (QED) is 0.616. The topological polar surface area (TPSA) is 63.4 Å². The lowest BCUT2D eigenvalue weighted by Crippen LogP contribution is -2.18. The van der Waals surface area contributed by atoms with E-state index in [1.165, 1.54) is 6.07 Å². The first-order chi connectivity index (χ1) is 7.56. The summed E-state index contributed by atoms with van der Waals surface area (Å²) >= 11 is 0. The fourth-order valence-electron chi connectivity index (χ4n) is 1.80. The molecule has 88 valence electrons. The first-order valence-corrected chi connectivity index (χ1v) is 5.46. The predicted octanol–water partition coefficient (Wildman–Crippen LogP) is 2.54. The molecule has 0 aliphatic carbocycles.